The summed E-state index contributed by atoms with van der Waals surface area (Å²) < 4.78 is 10.8. The predicted molar refractivity (Wildman–Crippen MR) is 86.7 cm³/mol. The normalized spacial score (nSPS) is 10.6. The van der Waals surface area contributed by atoms with Crippen LogP contribution in [0.2, 0.25) is 0 Å². The molecule has 2 aromatic rings. The number of rotatable bonds is 7. The van der Waals surface area contributed by atoms with Gasteiger partial charge in [0, 0.05) is 5.38 Å². The topological polar surface area (TPSA) is 68.7 Å². The molecule has 6 heteroatoms. The molecule has 0 amide bonds. The zero-order chi connectivity index (χ0) is 15.9. The third-order valence-corrected chi connectivity index (χ3v) is 3.51. The van der Waals surface area contributed by atoms with E-state index >= 15 is 0 Å². The molecule has 5 nitrogen and oxygen atoms in total. The van der Waals surface area contributed by atoms with Crippen LogP contribution in [0.3, 0.4) is 0 Å². The summed E-state index contributed by atoms with van der Waals surface area (Å²) in [5, 5.41) is 11.0. The molecule has 0 fully saturated rings. The zero-order valence-corrected chi connectivity index (χ0v) is 12.8. The molecule has 0 saturated heterocycles. The fourth-order valence-corrected chi connectivity index (χ4v) is 2.37. The third-order valence-electron chi connectivity index (χ3n) is 2.70. The lowest BCUT2D eigenvalue weighted by Crippen LogP contribution is -1.96. The number of carbonyl (C=O) groups is 1. The van der Waals surface area contributed by atoms with Gasteiger partial charge in [-0.2, -0.15) is 0 Å². The van der Waals surface area contributed by atoms with Crippen molar-refractivity contribution >= 4 is 29.5 Å². The minimum absolute atomic E-state index is 0.0513. The second-order valence-electron chi connectivity index (χ2n) is 4.22. The van der Waals surface area contributed by atoms with E-state index in [4.69, 9.17) is 14.6 Å². The molecular formula is C16H15NO4S. The van der Waals surface area contributed by atoms with Crippen molar-refractivity contribution in [3.05, 3.63) is 52.5 Å². The summed E-state index contributed by atoms with van der Waals surface area (Å²) >= 11 is 1.28. The van der Waals surface area contributed by atoms with Gasteiger partial charge in [-0.15, -0.1) is 11.3 Å². The molecule has 1 aromatic carbocycles. The number of thiazole rings is 1. The number of ether oxygens (including phenoxy) is 2. The minimum Gasteiger partial charge on any atom is -0.493 e. The van der Waals surface area contributed by atoms with E-state index in [0.717, 1.165) is 5.56 Å². The van der Waals surface area contributed by atoms with Gasteiger partial charge >= 0.3 is 5.97 Å². The summed E-state index contributed by atoms with van der Waals surface area (Å²) in [5.41, 5.74) is 0.949. The maximum atomic E-state index is 10.8. The van der Waals surface area contributed by atoms with Crippen LogP contribution in [-0.4, -0.2) is 29.8 Å². The maximum absolute atomic E-state index is 10.8. The molecule has 0 aliphatic rings. The molecule has 22 heavy (non-hydrogen) atoms. The van der Waals surface area contributed by atoms with Crippen LogP contribution >= 0.6 is 11.3 Å². The van der Waals surface area contributed by atoms with E-state index in [9.17, 15) is 4.79 Å². The molecule has 0 bridgehead atoms. The Kier molecular flexibility index (Phi) is 5.32. The molecule has 114 valence electrons. The molecule has 0 unspecified atom stereocenters. The Morgan fingerprint density at radius 1 is 1.41 bits per heavy atom. The minimum atomic E-state index is -1.03. The summed E-state index contributed by atoms with van der Waals surface area (Å²) in [5.74, 6) is 0.234. The van der Waals surface area contributed by atoms with E-state index in [0.29, 0.717) is 23.1 Å². The SMILES string of the molecule is C=CCOc1ccc(/C=C/c2nc(C(=O)O)cs2)cc1OC. The number of hydrogen-bond acceptors (Lipinski definition) is 5. The Morgan fingerprint density at radius 2 is 2.23 bits per heavy atom. The van der Waals surface area contributed by atoms with Gasteiger partial charge in [0.2, 0.25) is 0 Å². The molecule has 1 heterocycles. The molecule has 0 saturated carbocycles. The van der Waals surface area contributed by atoms with Crippen LogP contribution in [0.25, 0.3) is 12.2 Å². The first kappa shape index (κ1) is 15.8. The van der Waals surface area contributed by atoms with Gasteiger partial charge in [-0.3, -0.25) is 0 Å². The number of nitrogens with zero attached hydrogens (tertiary/aromatic N) is 1. The Morgan fingerprint density at radius 3 is 2.86 bits per heavy atom. The van der Waals surface area contributed by atoms with Crippen LogP contribution in [0.1, 0.15) is 21.1 Å². The zero-order valence-electron chi connectivity index (χ0n) is 12.0. The highest BCUT2D eigenvalue weighted by molar-refractivity contribution is 7.10. The van der Waals surface area contributed by atoms with E-state index in [1.165, 1.54) is 16.7 Å². The van der Waals surface area contributed by atoms with Gasteiger partial charge in [-0.1, -0.05) is 24.8 Å². The number of aromatic nitrogens is 1. The van der Waals surface area contributed by atoms with Crippen molar-refractivity contribution in [2.75, 3.05) is 13.7 Å². The lowest BCUT2D eigenvalue weighted by atomic mass is 10.2. The van der Waals surface area contributed by atoms with Crippen LogP contribution in [0, 0.1) is 0 Å². The molecular weight excluding hydrogens is 302 g/mol. The van der Waals surface area contributed by atoms with E-state index in [1.54, 1.807) is 19.3 Å². The molecule has 1 aromatic heterocycles. The first-order valence-corrected chi connectivity index (χ1v) is 7.30. The fraction of sp³-hybridized carbons (Fsp3) is 0.125. The lowest BCUT2D eigenvalue weighted by molar-refractivity contribution is 0.0691. The highest BCUT2D eigenvalue weighted by atomic mass is 32.1. The van der Waals surface area contributed by atoms with E-state index in [2.05, 4.69) is 11.6 Å². The van der Waals surface area contributed by atoms with Crippen LogP contribution in [0.5, 0.6) is 11.5 Å². The second kappa shape index (κ2) is 7.42. The van der Waals surface area contributed by atoms with Gasteiger partial charge < -0.3 is 14.6 Å². The van der Waals surface area contributed by atoms with Crippen LogP contribution < -0.4 is 9.47 Å². The first-order chi connectivity index (χ1) is 10.6. The summed E-state index contributed by atoms with van der Waals surface area (Å²) in [4.78, 5) is 14.8. The Hall–Kier alpha value is -2.60. The number of methoxy groups -OCH3 is 1. The van der Waals surface area contributed by atoms with Crippen molar-refractivity contribution < 1.29 is 19.4 Å². The second-order valence-corrected chi connectivity index (χ2v) is 5.11. The maximum Gasteiger partial charge on any atom is 0.355 e. The Balaban J connectivity index is 2.16. The fourth-order valence-electron chi connectivity index (χ4n) is 1.69. The van der Waals surface area contributed by atoms with Crippen molar-refractivity contribution in [2.24, 2.45) is 0 Å². The van der Waals surface area contributed by atoms with Crippen LogP contribution in [0.4, 0.5) is 0 Å². The highest BCUT2D eigenvalue weighted by Crippen LogP contribution is 2.29. The number of benzene rings is 1. The van der Waals surface area contributed by atoms with Crippen molar-refractivity contribution in [1.29, 1.82) is 0 Å². The Labute approximate surface area is 132 Å². The molecule has 0 aliphatic carbocycles. The lowest BCUT2D eigenvalue weighted by Gasteiger charge is -2.09. The number of carboxylic acids is 1. The smallest absolute Gasteiger partial charge is 0.355 e. The van der Waals surface area contributed by atoms with Crippen molar-refractivity contribution in [3.8, 4) is 11.5 Å². The number of aromatic carboxylic acids is 1. The van der Waals surface area contributed by atoms with Crippen molar-refractivity contribution in [2.45, 2.75) is 0 Å². The van der Waals surface area contributed by atoms with Gasteiger partial charge in [-0.05, 0) is 23.8 Å². The van der Waals surface area contributed by atoms with Gasteiger partial charge in [-0.25, -0.2) is 9.78 Å². The van der Waals surface area contributed by atoms with Crippen molar-refractivity contribution in [3.63, 3.8) is 0 Å². The van der Waals surface area contributed by atoms with Crippen LogP contribution in [-0.2, 0) is 0 Å². The predicted octanol–water partition coefficient (Wildman–Crippen LogP) is 3.59. The van der Waals surface area contributed by atoms with Gasteiger partial charge in [0.15, 0.2) is 17.2 Å². The number of hydrogen-bond donors (Lipinski definition) is 1. The average Bonchev–Trinajstić information content (AvgIpc) is 3.00. The summed E-state index contributed by atoms with van der Waals surface area (Å²) in [6, 6.07) is 5.52. The van der Waals surface area contributed by atoms with Gasteiger partial charge in [0.1, 0.15) is 11.6 Å². The van der Waals surface area contributed by atoms with Gasteiger partial charge in [0.25, 0.3) is 0 Å². The van der Waals surface area contributed by atoms with E-state index < -0.39 is 5.97 Å². The Bertz CT molecular complexity index is 706. The molecule has 1 N–H and O–H groups in total. The largest absolute Gasteiger partial charge is 0.493 e. The highest BCUT2D eigenvalue weighted by Gasteiger charge is 2.07. The number of carboxylic acid groups (broad SMARTS) is 1. The van der Waals surface area contributed by atoms with Crippen molar-refractivity contribution in [1.82, 2.24) is 4.98 Å². The molecule has 2 rings (SSSR count). The standard InChI is InChI=1S/C16H15NO4S/c1-3-8-21-13-6-4-11(9-14(13)20-2)5-7-15-17-12(10-22-15)16(18)19/h3-7,9-10H,1,8H2,2H3,(H,18,19)/b7-5+. The summed E-state index contributed by atoms with van der Waals surface area (Å²) in [7, 11) is 1.57. The molecule has 0 atom stereocenters. The van der Waals surface area contributed by atoms with E-state index in [1.807, 2.05) is 24.3 Å². The monoisotopic (exact) mass is 317 g/mol. The molecule has 0 spiro atoms. The summed E-state index contributed by atoms with van der Waals surface area (Å²) in [6.45, 7) is 4.01. The quantitative estimate of drug-likeness (QED) is 0.790. The first-order valence-electron chi connectivity index (χ1n) is 6.42. The van der Waals surface area contributed by atoms with Gasteiger partial charge in [0.05, 0.1) is 7.11 Å². The molecule has 0 aliphatic heterocycles. The van der Waals surface area contributed by atoms with Crippen LogP contribution in [0.15, 0.2) is 36.2 Å². The average molecular weight is 317 g/mol. The van der Waals surface area contributed by atoms with E-state index in [-0.39, 0.29) is 5.69 Å². The summed E-state index contributed by atoms with van der Waals surface area (Å²) in [6.07, 6.45) is 5.26. The molecule has 0 radical (unpaired) electrons. The third kappa shape index (κ3) is 3.95.